The molecular formula is C12H14O4. The van der Waals surface area contributed by atoms with Crippen molar-refractivity contribution in [2.24, 2.45) is 35.5 Å². The average molecular weight is 222 g/mol. The van der Waals surface area contributed by atoms with Gasteiger partial charge in [-0.3, -0.25) is 9.59 Å². The smallest absolute Gasteiger partial charge is 0.308 e. The lowest BCUT2D eigenvalue weighted by Gasteiger charge is -2.56. The average Bonchev–Trinajstić information content (AvgIpc) is 2.15. The zero-order chi connectivity index (χ0) is 11.4. The van der Waals surface area contributed by atoms with E-state index in [0.717, 1.165) is 12.8 Å². The lowest BCUT2D eigenvalue weighted by molar-refractivity contribution is -0.170. The van der Waals surface area contributed by atoms with E-state index >= 15 is 0 Å². The van der Waals surface area contributed by atoms with Crippen LogP contribution in [-0.2, 0) is 9.59 Å². The Bertz CT molecular complexity index is 350. The van der Waals surface area contributed by atoms with E-state index in [2.05, 4.69) is 0 Å². The van der Waals surface area contributed by atoms with Crippen LogP contribution in [0.15, 0.2) is 12.2 Å². The summed E-state index contributed by atoms with van der Waals surface area (Å²) in [5, 5.41) is 18.4. The van der Waals surface area contributed by atoms with Gasteiger partial charge in [0.05, 0.1) is 11.8 Å². The summed E-state index contributed by atoms with van der Waals surface area (Å²) in [5.74, 6) is -2.58. The van der Waals surface area contributed by atoms with Gasteiger partial charge in [-0.2, -0.15) is 0 Å². The molecule has 16 heavy (non-hydrogen) atoms. The van der Waals surface area contributed by atoms with Gasteiger partial charge in [0, 0.05) is 0 Å². The van der Waals surface area contributed by atoms with E-state index < -0.39 is 23.8 Å². The van der Waals surface area contributed by atoms with Crippen molar-refractivity contribution in [1.82, 2.24) is 0 Å². The fraction of sp³-hybridized carbons (Fsp3) is 0.667. The third kappa shape index (κ3) is 1.05. The molecule has 4 rings (SSSR count). The minimum absolute atomic E-state index is 0.0534. The third-order valence-electron chi connectivity index (χ3n) is 4.71. The highest BCUT2D eigenvalue weighted by molar-refractivity contribution is 5.82. The maximum absolute atomic E-state index is 11.2. The molecule has 0 aromatic rings. The molecule has 0 spiro atoms. The van der Waals surface area contributed by atoms with Crippen molar-refractivity contribution in [3.8, 4) is 0 Å². The first-order valence-corrected chi connectivity index (χ1v) is 5.75. The molecule has 0 saturated heterocycles. The van der Waals surface area contributed by atoms with Crippen LogP contribution < -0.4 is 0 Å². The molecule has 0 radical (unpaired) electrons. The van der Waals surface area contributed by atoms with Gasteiger partial charge < -0.3 is 10.2 Å². The number of carbonyl (C=O) groups is 2. The van der Waals surface area contributed by atoms with E-state index in [9.17, 15) is 19.8 Å². The Morgan fingerprint density at radius 1 is 0.875 bits per heavy atom. The number of allylic oxidation sites excluding steroid dienone is 2. The summed E-state index contributed by atoms with van der Waals surface area (Å²) in [6.45, 7) is 0. The van der Waals surface area contributed by atoms with Crippen molar-refractivity contribution in [2.45, 2.75) is 12.8 Å². The first kappa shape index (κ1) is 9.87. The molecule has 2 N–H and O–H groups in total. The van der Waals surface area contributed by atoms with Crippen LogP contribution >= 0.6 is 0 Å². The van der Waals surface area contributed by atoms with Crippen molar-refractivity contribution in [3.05, 3.63) is 12.2 Å². The molecule has 2 saturated carbocycles. The lowest BCUT2D eigenvalue weighted by Crippen LogP contribution is -2.56. The molecule has 86 valence electrons. The molecule has 0 aromatic heterocycles. The fourth-order valence-corrected chi connectivity index (χ4v) is 3.94. The molecule has 0 aromatic carbocycles. The van der Waals surface area contributed by atoms with Crippen LogP contribution in [0.2, 0.25) is 0 Å². The molecule has 4 aliphatic rings. The van der Waals surface area contributed by atoms with Gasteiger partial charge in [-0.1, -0.05) is 12.2 Å². The number of carboxylic acids is 2. The summed E-state index contributed by atoms with van der Waals surface area (Å²) in [4.78, 5) is 22.5. The zero-order valence-electron chi connectivity index (χ0n) is 8.74. The summed E-state index contributed by atoms with van der Waals surface area (Å²) in [5.41, 5.74) is 0. The van der Waals surface area contributed by atoms with Gasteiger partial charge in [-0.05, 0) is 36.5 Å². The van der Waals surface area contributed by atoms with E-state index in [0.29, 0.717) is 11.8 Å². The number of carboxylic acid groups (broad SMARTS) is 2. The number of fused-ring (bicyclic) bond motifs is 1. The predicted octanol–water partition coefficient (Wildman–Crippen LogP) is 1.23. The van der Waals surface area contributed by atoms with Crippen molar-refractivity contribution in [1.29, 1.82) is 0 Å². The summed E-state index contributed by atoms with van der Waals surface area (Å²) >= 11 is 0. The van der Waals surface area contributed by atoms with Gasteiger partial charge >= 0.3 is 11.9 Å². The molecule has 0 unspecified atom stereocenters. The first-order chi connectivity index (χ1) is 7.61. The summed E-state index contributed by atoms with van der Waals surface area (Å²) in [6.07, 6.45) is 6.02. The van der Waals surface area contributed by atoms with Gasteiger partial charge in [-0.25, -0.2) is 0 Å². The molecule has 0 amide bonds. The minimum Gasteiger partial charge on any atom is -0.481 e. The Labute approximate surface area is 93.0 Å². The Morgan fingerprint density at radius 3 is 1.50 bits per heavy atom. The maximum Gasteiger partial charge on any atom is 0.308 e. The van der Waals surface area contributed by atoms with E-state index in [1.807, 2.05) is 12.2 Å². The maximum atomic E-state index is 11.2. The summed E-state index contributed by atoms with van der Waals surface area (Å²) in [7, 11) is 0. The normalized spacial score (nSPS) is 48.2. The van der Waals surface area contributed by atoms with Crippen molar-refractivity contribution in [2.75, 3.05) is 0 Å². The minimum atomic E-state index is -0.947. The van der Waals surface area contributed by atoms with Crippen LogP contribution in [0.1, 0.15) is 12.8 Å². The topological polar surface area (TPSA) is 74.6 Å². The van der Waals surface area contributed by atoms with E-state index in [1.165, 1.54) is 0 Å². The molecule has 2 bridgehead atoms. The van der Waals surface area contributed by atoms with Gasteiger partial charge in [0.15, 0.2) is 0 Å². The largest absolute Gasteiger partial charge is 0.481 e. The Kier molecular flexibility index (Phi) is 1.91. The number of rotatable bonds is 2. The molecule has 4 aliphatic carbocycles. The zero-order valence-corrected chi connectivity index (χ0v) is 8.74. The highest BCUT2D eigenvalue weighted by atomic mass is 16.4. The van der Waals surface area contributed by atoms with Crippen molar-refractivity contribution >= 4 is 11.9 Å². The lowest BCUT2D eigenvalue weighted by atomic mass is 9.46. The quantitative estimate of drug-likeness (QED) is 0.689. The number of hydrogen-bond acceptors (Lipinski definition) is 2. The second-order valence-electron chi connectivity index (χ2n) is 5.17. The van der Waals surface area contributed by atoms with Crippen molar-refractivity contribution in [3.63, 3.8) is 0 Å². The van der Waals surface area contributed by atoms with E-state index in [1.54, 1.807) is 0 Å². The van der Waals surface area contributed by atoms with Crippen LogP contribution in [0, 0.1) is 35.5 Å². The Balaban J connectivity index is 2.02. The summed E-state index contributed by atoms with van der Waals surface area (Å²) < 4.78 is 0. The van der Waals surface area contributed by atoms with Crippen LogP contribution in [-0.4, -0.2) is 22.2 Å². The fourth-order valence-electron chi connectivity index (χ4n) is 3.94. The highest BCUT2D eigenvalue weighted by Crippen LogP contribution is 2.59. The van der Waals surface area contributed by atoms with Gasteiger partial charge in [0.2, 0.25) is 0 Å². The van der Waals surface area contributed by atoms with Crippen molar-refractivity contribution < 1.29 is 19.8 Å². The standard InChI is InChI=1S/C12H14O4/c13-11(14)9-7-3-4-8(10(9)12(15)16)6-2-1-5(6)7/h3-10H,1-2H2,(H,13,14)(H,15,16)/t5-,6-,7+,8+,9-,10+/m1/s1. The predicted molar refractivity (Wildman–Crippen MR) is 54.6 cm³/mol. The molecule has 0 aliphatic heterocycles. The van der Waals surface area contributed by atoms with E-state index in [4.69, 9.17) is 0 Å². The molecule has 4 heteroatoms. The van der Waals surface area contributed by atoms with Crippen LogP contribution in [0.3, 0.4) is 0 Å². The molecular weight excluding hydrogens is 208 g/mol. The number of hydrogen-bond donors (Lipinski definition) is 2. The van der Waals surface area contributed by atoms with Crippen LogP contribution in [0.5, 0.6) is 0 Å². The molecule has 2 fully saturated rings. The Morgan fingerprint density at radius 2 is 1.25 bits per heavy atom. The molecule has 6 atom stereocenters. The monoisotopic (exact) mass is 222 g/mol. The SMILES string of the molecule is O=C(O)[C@@H]1[C@H]2C=C[C@@H]([C@@H]3CC[C@@H]23)[C@@H]1C(=O)O. The van der Waals surface area contributed by atoms with Gasteiger partial charge in [-0.15, -0.1) is 0 Å². The third-order valence-corrected chi connectivity index (χ3v) is 4.71. The first-order valence-electron chi connectivity index (χ1n) is 5.75. The van der Waals surface area contributed by atoms with E-state index in [-0.39, 0.29) is 11.8 Å². The Hall–Kier alpha value is -1.32. The van der Waals surface area contributed by atoms with Gasteiger partial charge in [0.25, 0.3) is 0 Å². The number of aliphatic carboxylic acids is 2. The molecule has 4 nitrogen and oxygen atoms in total. The second kappa shape index (κ2) is 3.09. The molecule has 0 heterocycles. The summed E-state index contributed by atoms with van der Waals surface area (Å²) in [6, 6.07) is 0. The van der Waals surface area contributed by atoms with Crippen LogP contribution in [0.25, 0.3) is 0 Å². The highest BCUT2D eigenvalue weighted by Gasteiger charge is 2.59. The second-order valence-corrected chi connectivity index (χ2v) is 5.17. The van der Waals surface area contributed by atoms with Gasteiger partial charge in [0.1, 0.15) is 0 Å². The van der Waals surface area contributed by atoms with Crippen LogP contribution in [0.4, 0.5) is 0 Å².